The van der Waals surface area contributed by atoms with Crippen LogP contribution >= 0.6 is 24.0 Å². The normalized spacial score (nSPS) is 17.0. The predicted octanol–water partition coefficient (Wildman–Crippen LogP) is 2.88. The maximum Gasteiger partial charge on any atom is 0.193 e. The van der Waals surface area contributed by atoms with E-state index in [0.717, 1.165) is 43.0 Å². The molecule has 160 valence electrons. The Morgan fingerprint density at radius 3 is 2.79 bits per heavy atom. The summed E-state index contributed by atoms with van der Waals surface area (Å²) in [4.78, 5) is 8.74. The van der Waals surface area contributed by atoms with Crippen molar-refractivity contribution in [3.63, 3.8) is 0 Å². The molecule has 1 fully saturated rings. The van der Waals surface area contributed by atoms with Crippen LogP contribution in [0.1, 0.15) is 23.1 Å². The van der Waals surface area contributed by atoms with Crippen molar-refractivity contribution in [3.05, 3.63) is 53.1 Å². The summed E-state index contributed by atoms with van der Waals surface area (Å²) in [6.45, 7) is 3.22. The number of aryl methyl sites for hydroxylation is 1. The van der Waals surface area contributed by atoms with Crippen molar-refractivity contribution in [2.75, 3.05) is 34.2 Å². The van der Waals surface area contributed by atoms with Crippen LogP contribution in [0.15, 0.2) is 35.6 Å². The third-order valence-corrected chi connectivity index (χ3v) is 5.13. The zero-order chi connectivity index (χ0) is 20.1. The fourth-order valence-electron chi connectivity index (χ4n) is 3.82. The fraction of sp³-hybridized carbons (Fsp3) is 0.524. The summed E-state index contributed by atoms with van der Waals surface area (Å²) < 4.78 is 15.8. The molecule has 0 amide bonds. The Kier molecular flexibility index (Phi) is 8.88. The zero-order valence-corrected chi connectivity index (χ0v) is 20.1. The molecule has 1 aromatic heterocycles. The van der Waals surface area contributed by atoms with Gasteiger partial charge in [0.2, 0.25) is 0 Å². The number of aliphatic imine (C=N–C) groups is 1. The third kappa shape index (κ3) is 6.67. The van der Waals surface area contributed by atoms with Gasteiger partial charge in [-0.2, -0.15) is 5.10 Å². The maximum absolute atomic E-state index is 14.0. The molecule has 1 aliphatic rings. The van der Waals surface area contributed by atoms with Gasteiger partial charge in [0.05, 0.1) is 6.20 Å². The maximum atomic E-state index is 14.0. The van der Waals surface area contributed by atoms with Gasteiger partial charge < -0.3 is 15.1 Å². The lowest BCUT2D eigenvalue weighted by atomic mass is 10.0. The Hall–Kier alpha value is -1.68. The topological polar surface area (TPSA) is 48.7 Å². The van der Waals surface area contributed by atoms with Crippen LogP contribution in [-0.4, -0.2) is 59.8 Å². The summed E-state index contributed by atoms with van der Waals surface area (Å²) in [7, 11) is 7.66. The summed E-state index contributed by atoms with van der Waals surface area (Å²) in [5, 5.41) is 7.70. The predicted molar refractivity (Wildman–Crippen MR) is 126 cm³/mol. The van der Waals surface area contributed by atoms with Crippen molar-refractivity contribution >= 4 is 29.9 Å². The average Bonchev–Trinajstić information content (AvgIpc) is 3.27. The zero-order valence-electron chi connectivity index (χ0n) is 17.7. The van der Waals surface area contributed by atoms with Crippen molar-refractivity contribution in [1.29, 1.82) is 0 Å². The van der Waals surface area contributed by atoms with E-state index >= 15 is 0 Å². The molecule has 1 aromatic carbocycles. The summed E-state index contributed by atoms with van der Waals surface area (Å²) in [6, 6.07) is 5.33. The SMILES string of the molecule is CN=C(NCc1ccc(F)c(CN(C)C)c1)N1CCC(Cc2cnn(C)c2)C1.I. The van der Waals surface area contributed by atoms with E-state index in [1.807, 2.05) is 56.1 Å². The van der Waals surface area contributed by atoms with Crippen molar-refractivity contribution < 1.29 is 4.39 Å². The standard InChI is InChI=1S/C21H31FN6.HI/c1-23-21(24-11-16-5-6-20(22)19(10-16)15-26(2)3)28-8-7-17(14-28)9-18-12-25-27(4)13-18;/h5-6,10,12-13,17H,7-9,11,14-15H2,1-4H3,(H,23,24);1H. The molecule has 1 aliphatic heterocycles. The van der Waals surface area contributed by atoms with Crippen molar-refractivity contribution in [2.24, 2.45) is 18.0 Å². The molecule has 1 unspecified atom stereocenters. The summed E-state index contributed by atoms with van der Waals surface area (Å²) in [5.74, 6) is 1.37. The highest BCUT2D eigenvalue weighted by Crippen LogP contribution is 2.21. The number of nitrogens with one attached hydrogen (secondary N) is 1. The quantitative estimate of drug-likeness (QED) is 0.366. The molecular formula is C21H32FIN6. The second kappa shape index (κ2) is 10.9. The first-order valence-corrected chi connectivity index (χ1v) is 9.79. The Balaban J connectivity index is 0.00000300. The Bertz CT molecular complexity index is 819. The van der Waals surface area contributed by atoms with E-state index < -0.39 is 0 Å². The number of hydrogen-bond donors (Lipinski definition) is 1. The molecule has 0 bridgehead atoms. The molecule has 8 heteroatoms. The van der Waals surface area contributed by atoms with Crippen LogP contribution in [0.25, 0.3) is 0 Å². The first-order chi connectivity index (χ1) is 13.4. The lowest BCUT2D eigenvalue weighted by molar-refractivity contribution is 0.392. The van der Waals surface area contributed by atoms with E-state index in [2.05, 4.69) is 26.5 Å². The third-order valence-electron chi connectivity index (χ3n) is 5.13. The first kappa shape index (κ1) is 23.6. The van der Waals surface area contributed by atoms with E-state index in [-0.39, 0.29) is 29.8 Å². The number of rotatable bonds is 6. The van der Waals surface area contributed by atoms with Crippen LogP contribution in [0, 0.1) is 11.7 Å². The molecule has 2 aromatic rings. The monoisotopic (exact) mass is 514 g/mol. The van der Waals surface area contributed by atoms with E-state index in [4.69, 9.17) is 0 Å². The van der Waals surface area contributed by atoms with E-state index in [1.165, 1.54) is 5.56 Å². The minimum atomic E-state index is -0.153. The second-order valence-electron chi connectivity index (χ2n) is 7.89. The van der Waals surface area contributed by atoms with Gasteiger partial charge in [-0.05, 0) is 56.1 Å². The molecular weight excluding hydrogens is 482 g/mol. The molecule has 1 atom stereocenters. The number of hydrogen-bond acceptors (Lipinski definition) is 3. The summed E-state index contributed by atoms with van der Waals surface area (Å²) in [6.07, 6.45) is 6.25. The average molecular weight is 514 g/mol. The van der Waals surface area contributed by atoms with Gasteiger partial charge in [-0.15, -0.1) is 24.0 Å². The van der Waals surface area contributed by atoms with E-state index in [9.17, 15) is 4.39 Å². The molecule has 1 saturated heterocycles. The van der Waals surface area contributed by atoms with Gasteiger partial charge in [-0.25, -0.2) is 4.39 Å². The highest BCUT2D eigenvalue weighted by molar-refractivity contribution is 14.0. The largest absolute Gasteiger partial charge is 0.352 e. The van der Waals surface area contributed by atoms with Gasteiger partial charge in [0.15, 0.2) is 5.96 Å². The summed E-state index contributed by atoms with van der Waals surface area (Å²) in [5.41, 5.74) is 3.07. The van der Waals surface area contributed by atoms with Crippen molar-refractivity contribution in [1.82, 2.24) is 24.9 Å². The van der Waals surface area contributed by atoms with Crippen LogP contribution in [0.3, 0.4) is 0 Å². The Morgan fingerprint density at radius 2 is 2.14 bits per heavy atom. The highest BCUT2D eigenvalue weighted by atomic mass is 127. The van der Waals surface area contributed by atoms with Crippen molar-refractivity contribution in [2.45, 2.75) is 25.9 Å². The number of nitrogens with zero attached hydrogens (tertiary/aromatic N) is 5. The van der Waals surface area contributed by atoms with Crippen LogP contribution < -0.4 is 5.32 Å². The van der Waals surface area contributed by atoms with Gasteiger partial charge in [0.25, 0.3) is 0 Å². The fourth-order valence-corrected chi connectivity index (χ4v) is 3.82. The number of likely N-dealkylation sites (tertiary alicyclic amines) is 1. The molecule has 0 spiro atoms. The molecule has 3 rings (SSSR count). The smallest absolute Gasteiger partial charge is 0.193 e. The van der Waals surface area contributed by atoms with E-state index in [1.54, 1.807) is 6.07 Å². The number of aromatic nitrogens is 2. The van der Waals surface area contributed by atoms with Crippen LogP contribution in [0.4, 0.5) is 4.39 Å². The van der Waals surface area contributed by atoms with Crippen LogP contribution in [0.5, 0.6) is 0 Å². The summed E-state index contributed by atoms with van der Waals surface area (Å²) >= 11 is 0. The minimum Gasteiger partial charge on any atom is -0.352 e. The number of guanidine groups is 1. The molecule has 0 saturated carbocycles. The number of benzene rings is 1. The highest BCUT2D eigenvalue weighted by Gasteiger charge is 2.25. The van der Waals surface area contributed by atoms with Crippen LogP contribution in [0.2, 0.25) is 0 Å². The van der Waals surface area contributed by atoms with Crippen LogP contribution in [-0.2, 0) is 26.6 Å². The number of halogens is 2. The minimum absolute atomic E-state index is 0. The van der Waals surface area contributed by atoms with E-state index in [0.29, 0.717) is 19.0 Å². The van der Waals surface area contributed by atoms with Gasteiger partial charge in [-0.1, -0.05) is 6.07 Å². The molecule has 0 radical (unpaired) electrons. The lowest BCUT2D eigenvalue weighted by Crippen LogP contribution is -2.39. The lowest BCUT2D eigenvalue weighted by Gasteiger charge is -2.22. The molecule has 6 nitrogen and oxygen atoms in total. The van der Waals surface area contributed by atoms with Gasteiger partial charge in [-0.3, -0.25) is 9.67 Å². The van der Waals surface area contributed by atoms with Gasteiger partial charge in [0.1, 0.15) is 5.82 Å². The van der Waals surface area contributed by atoms with Crippen molar-refractivity contribution in [3.8, 4) is 0 Å². The Morgan fingerprint density at radius 1 is 1.34 bits per heavy atom. The molecule has 29 heavy (non-hydrogen) atoms. The molecule has 1 N–H and O–H groups in total. The Labute approximate surface area is 190 Å². The van der Waals surface area contributed by atoms with Gasteiger partial charge >= 0.3 is 0 Å². The van der Waals surface area contributed by atoms with Gasteiger partial charge in [0, 0.05) is 52.0 Å². The molecule has 0 aliphatic carbocycles. The first-order valence-electron chi connectivity index (χ1n) is 9.79. The second-order valence-corrected chi connectivity index (χ2v) is 7.89. The molecule has 2 heterocycles.